The highest BCUT2D eigenvalue weighted by Crippen LogP contribution is 2.11. The van der Waals surface area contributed by atoms with Crippen molar-refractivity contribution < 1.29 is 5.11 Å². The molecule has 2 rings (SSSR count). The zero-order valence-corrected chi connectivity index (χ0v) is 11.2. The Kier molecular flexibility index (Phi) is 5.17. The molecule has 1 unspecified atom stereocenters. The van der Waals surface area contributed by atoms with E-state index in [0.29, 0.717) is 12.6 Å². The number of β-amino-alcohol motifs (C(OH)–C–C–N with tert-alkyl or cyclic N) is 1. The van der Waals surface area contributed by atoms with E-state index in [0.717, 1.165) is 19.6 Å². The van der Waals surface area contributed by atoms with Crippen LogP contribution in [0.4, 0.5) is 0 Å². The van der Waals surface area contributed by atoms with Crippen molar-refractivity contribution in [2.24, 2.45) is 0 Å². The fourth-order valence-corrected chi connectivity index (χ4v) is 2.50. The van der Waals surface area contributed by atoms with Crippen LogP contribution < -0.4 is 5.32 Å². The Balaban J connectivity index is 1.70. The lowest BCUT2D eigenvalue weighted by molar-refractivity contribution is 0.121. The smallest absolute Gasteiger partial charge is 0.0791 e. The van der Waals surface area contributed by atoms with Gasteiger partial charge in [0.2, 0.25) is 0 Å². The van der Waals surface area contributed by atoms with Crippen LogP contribution in [0.25, 0.3) is 0 Å². The van der Waals surface area contributed by atoms with Crippen molar-refractivity contribution in [1.29, 1.82) is 0 Å². The molecule has 1 fully saturated rings. The first-order valence-electron chi connectivity index (χ1n) is 6.94. The number of nitrogens with one attached hydrogen (secondary N) is 1. The summed E-state index contributed by atoms with van der Waals surface area (Å²) < 4.78 is 0. The highest BCUT2D eigenvalue weighted by atomic mass is 16.3. The van der Waals surface area contributed by atoms with Gasteiger partial charge in [0.25, 0.3) is 0 Å². The van der Waals surface area contributed by atoms with Crippen molar-refractivity contribution >= 4 is 0 Å². The van der Waals surface area contributed by atoms with Crippen molar-refractivity contribution in [3.05, 3.63) is 35.9 Å². The molecule has 2 atom stereocenters. The summed E-state index contributed by atoms with van der Waals surface area (Å²) in [6.45, 7) is 5.88. The summed E-state index contributed by atoms with van der Waals surface area (Å²) in [5, 5.41) is 13.4. The van der Waals surface area contributed by atoms with Crippen molar-refractivity contribution in [3.8, 4) is 0 Å². The Bertz CT molecular complexity index is 336. The molecular formula is C15H24N2O. The Morgan fingerprint density at radius 2 is 1.89 bits per heavy atom. The van der Waals surface area contributed by atoms with Crippen LogP contribution >= 0.6 is 0 Å². The summed E-state index contributed by atoms with van der Waals surface area (Å²) in [4.78, 5) is 2.35. The Hall–Kier alpha value is -0.900. The SMILES string of the molecule is C[C@@H](NCC(O)CN1CCCC1)c1ccccc1. The van der Waals surface area contributed by atoms with E-state index in [2.05, 4.69) is 29.3 Å². The van der Waals surface area contributed by atoms with E-state index in [1.165, 1.54) is 18.4 Å². The van der Waals surface area contributed by atoms with Crippen molar-refractivity contribution in [3.63, 3.8) is 0 Å². The maximum absolute atomic E-state index is 10.0. The van der Waals surface area contributed by atoms with Gasteiger partial charge in [-0.2, -0.15) is 0 Å². The minimum Gasteiger partial charge on any atom is -0.390 e. The number of nitrogens with zero attached hydrogens (tertiary/aromatic N) is 1. The molecule has 18 heavy (non-hydrogen) atoms. The Morgan fingerprint density at radius 1 is 1.22 bits per heavy atom. The van der Waals surface area contributed by atoms with Gasteiger partial charge in [-0.15, -0.1) is 0 Å². The van der Waals surface area contributed by atoms with Gasteiger partial charge in [-0.1, -0.05) is 30.3 Å². The summed E-state index contributed by atoms with van der Waals surface area (Å²) in [5.41, 5.74) is 1.27. The summed E-state index contributed by atoms with van der Waals surface area (Å²) in [6, 6.07) is 10.6. The molecule has 0 aromatic heterocycles. The molecule has 1 aromatic rings. The first kappa shape index (κ1) is 13.5. The van der Waals surface area contributed by atoms with Gasteiger partial charge in [-0.05, 0) is 38.4 Å². The minimum atomic E-state index is -0.269. The second-order valence-corrected chi connectivity index (χ2v) is 5.20. The second-order valence-electron chi connectivity index (χ2n) is 5.20. The fourth-order valence-electron chi connectivity index (χ4n) is 2.50. The standard InChI is InChI=1S/C15H24N2O/c1-13(14-7-3-2-4-8-14)16-11-15(18)12-17-9-5-6-10-17/h2-4,7-8,13,15-16,18H,5-6,9-12H2,1H3/t13-,15?/m1/s1. The van der Waals surface area contributed by atoms with Gasteiger partial charge < -0.3 is 15.3 Å². The van der Waals surface area contributed by atoms with Crippen LogP contribution in [0.15, 0.2) is 30.3 Å². The summed E-state index contributed by atoms with van der Waals surface area (Å²) in [5.74, 6) is 0. The van der Waals surface area contributed by atoms with Crippen molar-refractivity contribution in [1.82, 2.24) is 10.2 Å². The zero-order chi connectivity index (χ0) is 12.8. The van der Waals surface area contributed by atoms with Gasteiger partial charge in [-0.3, -0.25) is 0 Å². The first-order valence-corrected chi connectivity index (χ1v) is 6.94. The molecule has 1 heterocycles. The molecule has 3 heteroatoms. The van der Waals surface area contributed by atoms with E-state index >= 15 is 0 Å². The number of aliphatic hydroxyl groups excluding tert-OH is 1. The molecule has 2 N–H and O–H groups in total. The summed E-state index contributed by atoms with van der Waals surface area (Å²) in [6.07, 6.45) is 2.29. The molecule has 1 aliphatic heterocycles. The topological polar surface area (TPSA) is 35.5 Å². The zero-order valence-electron chi connectivity index (χ0n) is 11.2. The monoisotopic (exact) mass is 248 g/mol. The number of aliphatic hydroxyl groups is 1. The third-order valence-electron chi connectivity index (χ3n) is 3.63. The largest absolute Gasteiger partial charge is 0.390 e. The van der Waals surface area contributed by atoms with Crippen LogP contribution in [-0.2, 0) is 0 Å². The number of hydrogen-bond acceptors (Lipinski definition) is 3. The van der Waals surface area contributed by atoms with Crippen LogP contribution in [0, 0.1) is 0 Å². The highest BCUT2D eigenvalue weighted by molar-refractivity contribution is 5.17. The quantitative estimate of drug-likeness (QED) is 0.806. The van der Waals surface area contributed by atoms with Gasteiger partial charge in [0.1, 0.15) is 0 Å². The molecule has 0 saturated carbocycles. The number of likely N-dealkylation sites (tertiary alicyclic amines) is 1. The molecular weight excluding hydrogens is 224 g/mol. The molecule has 0 amide bonds. The predicted molar refractivity (Wildman–Crippen MR) is 74.5 cm³/mol. The molecule has 0 bridgehead atoms. The van der Waals surface area contributed by atoms with E-state index in [4.69, 9.17) is 0 Å². The summed E-state index contributed by atoms with van der Waals surface area (Å²) >= 11 is 0. The van der Waals surface area contributed by atoms with E-state index in [1.54, 1.807) is 0 Å². The van der Waals surface area contributed by atoms with Crippen LogP contribution in [-0.4, -0.2) is 42.3 Å². The van der Waals surface area contributed by atoms with E-state index in [9.17, 15) is 5.11 Å². The number of hydrogen-bond donors (Lipinski definition) is 2. The van der Waals surface area contributed by atoms with Crippen LogP contribution in [0.2, 0.25) is 0 Å². The maximum Gasteiger partial charge on any atom is 0.0791 e. The van der Waals surface area contributed by atoms with Gasteiger partial charge in [0, 0.05) is 19.1 Å². The van der Waals surface area contributed by atoms with Crippen LogP contribution in [0.5, 0.6) is 0 Å². The normalized spacial score (nSPS) is 19.9. The Morgan fingerprint density at radius 3 is 2.56 bits per heavy atom. The number of rotatable bonds is 6. The Labute approximate surface area is 110 Å². The van der Waals surface area contributed by atoms with E-state index in [-0.39, 0.29) is 6.10 Å². The molecule has 0 spiro atoms. The molecule has 0 aliphatic carbocycles. The van der Waals surface area contributed by atoms with Gasteiger partial charge in [0.15, 0.2) is 0 Å². The molecule has 3 nitrogen and oxygen atoms in total. The fraction of sp³-hybridized carbons (Fsp3) is 0.600. The van der Waals surface area contributed by atoms with E-state index < -0.39 is 0 Å². The molecule has 0 radical (unpaired) electrons. The molecule has 1 aliphatic rings. The molecule has 100 valence electrons. The van der Waals surface area contributed by atoms with Crippen molar-refractivity contribution in [2.45, 2.75) is 31.9 Å². The van der Waals surface area contributed by atoms with Gasteiger partial charge in [-0.25, -0.2) is 0 Å². The van der Waals surface area contributed by atoms with E-state index in [1.807, 2.05) is 18.2 Å². The van der Waals surface area contributed by atoms with Gasteiger partial charge in [0.05, 0.1) is 6.10 Å². The van der Waals surface area contributed by atoms with Crippen LogP contribution in [0.3, 0.4) is 0 Å². The molecule has 1 saturated heterocycles. The summed E-state index contributed by atoms with van der Waals surface area (Å²) in [7, 11) is 0. The average molecular weight is 248 g/mol. The highest BCUT2D eigenvalue weighted by Gasteiger charge is 2.16. The third-order valence-corrected chi connectivity index (χ3v) is 3.63. The molecule has 1 aromatic carbocycles. The maximum atomic E-state index is 10.0. The lowest BCUT2D eigenvalue weighted by Gasteiger charge is -2.21. The third kappa shape index (κ3) is 4.09. The minimum absolute atomic E-state index is 0.269. The van der Waals surface area contributed by atoms with Gasteiger partial charge >= 0.3 is 0 Å². The van der Waals surface area contributed by atoms with Crippen molar-refractivity contribution in [2.75, 3.05) is 26.2 Å². The second kappa shape index (κ2) is 6.88. The lowest BCUT2D eigenvalue weighted by atomic mass is 10.1. The number of benzene rings is 1. The lowest BCUT2D eigenvalue weighted by Crippen LogP contribution is -2.37. The average Bonchev–Trinajstić information content (AvgIpc) is 2.90. The van der Waals surface area contributed by atoms with Crippen LogP contribution in [0.1, 0.15) is 31.4 Å². The predicted octanol–water partition coefficient (Wildman–Crippen LogP) is 1.79. The first-order chi connectivity index (χ1) is 8.75.